The maximum Gasteiger partial charge on any atom is 0.161 e. The van der Waals surface area contributed by atoms with Crippen LogP contribution in [0, 0.1) is 5.82 Å². The first kappa shape index (κ1) is 18.3. The number of furan rings is 1. The minimum atomic E-state index is -0.372. The summed E-state index contributed by atoms with van der Waals surface area (Å²) in [6.45, 7) is 1.54. The van der Waals surface area contributed by atoms with Crippen LogP contribution in [-0.4, -0.2) is 7.11 Å². The molecule has 0 saturated carbocycles. The summed E-state index contributed by atoms with van der Waals surface area (Å²) in [6.07, 6.45) is 1.65. The minimum Gasteiger partial charge on any atom is -0.493 e. The van der Waals surface area contributed by atoms with Crippen molar-refractivity contribution in [3.8, 4) is 11.5 Å². The molecule has 0 atom stereocenters. The molecule has 136 valence electrons. The Kier molecular flexibility index (Phi) is 6.15. The summed E-state index contributed by atoms with van der Waals surface area (Å²) in [6, 6.07) is 13.7. The van der Waals surface area contributed by atoms with E-state index in [4.69, 9.17) is 25.5 Å². The Morgan fingerprint density at radius 3 is 2.69 bits per heavy atom. The van der Waals surface area contributed by atoms with Gasteiger partial charge in [-0.05, 0) is 42.0 Å². The summed E-state index contributed by atoms with van der Waals surface area (Å²) in [4.78, 5) is 0. The molecule has 6 heteroatoms. The van der Waals surface area contributed by atoms with E-state index in [1.807, 2.05) is 30.3 Å². The molecule has 3 rings (SSSR count). The molecule has 1 N–H and O–H groups in total. The number of halogens is 2. The zero-order valence-electron chi connectivity index (χ0n) is 14.3. The van der Waals surface area contributed by atoms with Gasteiger partial charge in [0.1, 0.15) is 18.2 Å². The Morgan fingerprint density at radius 1 is 1.08 bits per heavy atom. The van der Waals surface area contributed by atoms with Crippen LogP contribution < -0.4 is 14.8 Å². The molecule has 4 nitrogen and oxygen atoms in total. The average molecular weight is 376 g/mol. The van der Waals surface area contributed by atoms with Crippen molar-refractivity contribution in [2.45, 2.75) is 19.7 Å². The Bertz CT molecular complexity index is 852. The lowest BCUT2D eigenvalue weighted by molar-refractivity contribution is 0.284. The number of nitrogens with one attached hydrogen (secondary N) is 1. The largest absolute Gasteiger partial charge is 0.493 e. The Hall–Kier alpha value is -2.50. The molecular formula is C20H19ClFNO3. The van der Waals surface area contributed by atoms with E-state index in [1.165, 1.54) is 12.1 Å². The van der Waals surface area contributed by atoms with Gasteiger partial charge in [-0.25, -0.2) is 4.39 Å². The van der Waals surface area contributed by atoms with Crippen molar-refractivity contribution in [1.29, 1.82) is 0 Å². The fourth-order valence-electron chi connectivity index (χ4n) is 2.48. The third-order valence-corrected chi connectivity index (χ3v) is 4.19. The lowest BCUT2D eigenvalue weighted by Gasteiger charge is -2.13. The van der Waals surface area contributed by atoms with Gasteiger partial charge in [-0.2, -0.15) is 0 Å². The van der Waals surface area contributed by atoms with Crippen LogP contribution in [0.15, 0.2) is 59.2 Å². The summed E-state index contributed by atoms with van der Waals surface area (Å²) < 4.78 is 29.6. The molecule has 2 aromatic carbocycles. The molecule has 0 aliphatic heterocycles. The number of rotatable bonds is 8. The normalized spacial score (nSPS) is 10.7. The van der Waals surface area contributed by atoms with E-state index in [1.54, 1.807) is 19.4 Å². The smallest absolute Gasteiger partial charge is 0.161 e. The zero-order valence-corrected chi connectivity index (χ0v) is 15.1. The van der Waals surface area contributed by atoms with Crippen molar-refractivity contribution in [1.82, 2.24) is 5.32 Å². The minimum absolute atomic E-state index is 0.228. The Balaban J connectivity index is 1.60. The molecule has 0 fully saturated rings. The number of methoxy groups -OCH3 is 1. The molecule has 0 radical (unpaired) electrons. The number of hydrogen-bond donors (Lipinski definition) is 1. The van der Waals surface area contributed by atoms with E-state index in [9.17, 15) is 4.39 Å². The molecule has 26 heavy (non-hydrogen) atoms. The molecule has 0 unspecified atom stereocenters. The number of ether oxygens (including phenoxy) is 2. The lowest BCUT2D eigenvalue weighted by atomic mass is 10.2. The molecule has 0 aliphatic carbocycles. The standard InChI is InChI=1S/C20H19ClFNO3/c1-24-20-9-14(11-23-12-17-3-2-8-25-17)4-7-19(20)26-13-15-5-6-16(22)10-18(15)21/h2-10,23H,11-13H2,1H3. The monoisotopic (exact) mass is 375 g/mol. The Morgan fingerprint density at radius 2 is 1.96 bits per heavy atom. The van der Waals surface area contributed by atoms with Crippen LogP contribution in [0.4, 0.5) is 4.39 Å². The topological polar surface area (TPSA) is 43.6 Å². The van der Waals surface area contributed by atoms with Gasteiger partial charge in [0.05, 0.1) is 24.9 Å². The highest BCUT2D eigenvalue weighted by molar-refractivity contribution is 6.31. The van der Waals surface area contributed by atoms with Gasteiger partial charge < -0.3 is 19.2 Å². The summed E-state index contributed by atoms with van der Waals surface area (Å²) in [5, 5.41) is 3.64. The fourth-order valence-corrected chi connectivity index (χ4v) is 2.70. The second kappa shape index (κ2) is 8.74. The van der Waals surface area contributed by atoms with Crippen LogP contribution in [0.3, 0.4) is 0 Å². The van der Waals surface area contributed by atoms with Gasteiger partial charge >= 0.3 is 0 Å². The third kappa shape index (κ3) is 4.77. The van der Waals surface area contributed by atoms with Gasteiger partial charge in [-0.3, -0.25) is 0 Å². The van der Waals surface area contributed by atoms with Gasteiger partial charge in [0.15, 0.2) is 11.5 Å². The highest BCUT2D eigenvalue weighted by Gasteiger charge is 2.08. The van der Waals surface area contributed by atoms with Gasteiger partial charge in [0, 0.05) is 12.1 Å². The summed E-state index contributed by atoms with van der Waals surface area (Å²) in [7, 11) is 1.59. The first-order valence-corrected chi connectivity index (χ1v) is 8.50. The van der Waals surface area contributed by atoms with Crippen molar-refractivity contribution in [2.24, 2.45) is 0 Å². The Labute approximate surface area is 156 Å². The molecule has 0 spiro atoms. The predicted octanol–water partition coefficient (Wildman–Crippen LogP) is 4.95. The zero-order chi connectivity index (χ0) is 18.4. The molecule has 0 amide bonds. The molecule has 1 heterocycles. The first-order valence-electron chi connectivity index (χ1n) is 8.12. The quantitative estimate of drug-likeness (QED) is 0.605. The van der Waals surface area contributed by atoms with Crippen molar-refractivity contribution < 1.29 is 18.3 Å². The number of hydrogen-bond acceptors (Lipinski definition) is 4. The van der Waals surface area contributed by atoms with Crippen molar-refractivity contribution in [3.05, 3.63) is 82.5 Å². The summed E-state index contributed by atoms with van der Waals surface area (Å²) >= 11 is 6.03. The van der Waals surface area contributed by atoms with Crippen molar-refractivity contribution >= 4 is 11.6 Å². The van der Waals surface area contributed by atoms with E-state index in [-0.39, 0.29) is 12.4 Å². The maximum atomic E-state index is 13.1. The predicted molar refractivity (Wildman–Crippen MR) is 98.0 cm³/mol. The van der Waals surface area contributed by atoms with Gasteiger partial charge in [-0.15, -0.1) is 0 Å². The van der Waals surface area contributed by atoms with Gasteiger partial charge in [-0.1, -0.05) is 23.7 Å². The van der Waals surface area contributed by atoms with E-state index in [0.29, 0.717) is 35.2 Å². The van der Waals surface area contributed by atoms with Crippen molar-refractivity contribution in [3.63, 3.8) is 0 Å². The molecule has 0 aliphatic rings. The fraction of sp³-hybridized carbons (Fsp3) is 0.200. The first-order chi connectivity index (χ1) is 12.7. The van der Waals surface area contributed by atoms with Gasteiger partial charge in [0.2, 0.25) is 0 Å². The van der Waals surface area contributed by atoms with Crippen LogP contribution in [-0.2, 0) is 19.7 Å². The molecule has 0 saturated heterocycles. The lowest BCUT2D eigenvalue weighted by Crippen LogP contribution is -2.12. The van der Waals surface area contributed by atoms with E-state index in [0.717, 1.165) is 11.3 Å². The molecule has 0 bridgehead atoms. The van der Waals surface area contributed by atoms with Crippen LogP contribution in [0.2, 0.25) is 5.02 Å². The maximum absolute atomic E-state index is 13.1. The average Bonchev–Trinajstić information content (AvgIpc) is 3.15. The summed E-state index contributed by atoms with van der Waals surface area (Å²) in [5.41, 5.74) is 1.76. The number of benzene rings is 2. The van der Waals surface area contributed by atoms with Crippen LogP contribution in [0.25, 0.3) is 0 Å². The molecular weight excluding hydrogens is 357 g/mol. The molecule has 1 aromatic heterocycles. The second-order valence-corrected chi connectivity index (χ2v) is 6.10. The molecule has 3 aromatic rings. The van der Waals surface area contributed by atoms with Crippen LogP contribution in [0.1, 0.15) is 16.9 Å². The van der Waals surface area contributed by atoms with E-state index in [2.05, 4.69) is 5.32 Å². The van der Waals surface area contributed by atoms with E-state index >= 15 is 0 Å². The SMILES string of the molecule is COc1cc(CNCc2ccco2)ccc1OCc1ccc(F)cc1Cl. The van der Waals surface area contributed by atoms with Crippen molar-refractivity contribution in [2.75, 3.05) is 7.11 Å². The van der Waals surface area contributed by atoms with Gasteiger partial charge in [0.25, 0.3) is 0 Å². The highest BCUT2D eigenvalue weighted by Crippen LogP contribution is 2.29. The van der Waals surface area contributed by atoms with E-state index < -0.39 is 0 Å². The van der Waals surface area contributed by atoms with Crippen LogP contribution in [0.5, 0.6) is 11.5 Å². The van der Waals surface area contributed by atoms with Crippen LogP contribution >= 0.6 is 11.6 Å². The third-order valence-electron chi connectivity index (χ3n) is 3.83. The summed E-state index contributed by atoms with van der Waals surface area (Å²) in [5.74, 6) is 1.74. The highest BCUT2D eigenvalue weighted by atomic mass is 35.5. The second-order valence-electron chi connectivity index (χ2n) is 5.69.